The van der Waals surface area contributed by atoms with Crippen LogP contribution in [0.25, 0.3) is 0 Å². The van der Waals surface area contributed by atoms with Crippen molar-refractivity contribution in [3.8, 4) is 0 Å². The Morgan fingerprint density at radius 3 is 1.67 bits per heavy atom. The van der Waals surface area contributed by atoms with Crippen molar-refractivity contribution in [1.29, 1.82) is 0 Å². The molecule has 0 radical (unpaired) electrons. The fraction of sp³-hybridized carbons (Fsp3) is 0.263. The van der Waals surface area contributed by atoms with Gasteiger partial charge in [-0.05, 0) is 18.1 Å². The topological polar surface area (TPSA) is 60.9 Å². The zero-order chi connectivity index (χ0) is 17.4. The number of amides is 2. The molecule has 0 aromatic heterocycles. The number of carbonyl (C=O) groups is 2. The number of aliphatic carboxylic acids is 1. The van der Waals surface area contributed by atoms with Gasteiger partial charge in [-0.3, -0.25) is 4.79 Å². The summed E-state index contributed by atoms with van der Waals surface area (Å²) in [6.07, 6.45) is 0. The van der Waals surface area contributed by atoms with E-state index in [4.69, 9.17) is 5.11 Å². The van der Waals surface area contributed by atoms with Crippen molar-refractivity contribution in [2.24, 2.45) is 0 Å². The highest BCUT2D eigenvalue weighted by atomic mass is 16.4. The number of nitrogens with zero attached hydrogens (tertiary/aromatic N) is 2. The summed E-state index contributed by atoms with van der Waals surface area (Å²) in [6.45, 7) is 2.71. The molecule has 0 atom stereocenters. The predicted octanol–water partition coefficient (Wildman–Crippen LogP) is 3.22. The van der Waals surface area contributed by atoms with Gasteiger partial charge in [0.15, 0.2) is 0 Å². The van der Waals surface area contributed by atoms with E-state index in [9.17, 15) is 9.59 Å². The maximum atomic E-state index is 12.8. The smallest absolute Gasteiger partial charge is 0.323 e. The van der Waals surface area contributed by atoms with Crippen LogP contribution in [0.5, 0.6) is 0 Å². The molecule has 0 bridgehead atoms. The lowest BCUT2D eigenvalue weighted by Crippen LogP contribution is -2.44. The molecule has 0 aliphatic rings. The van der Waals surface area contributed by atoms with Gasteiger partial charge in [0.25, 0.3) is 0 Å². The van der Waals surface area contributed by atoms with Gasteiger partial charge < -0.3 is 14.9 Å². The number of benzene rings is 2. The van der Waals surface area contributed by atoms with E-state index in [0.717, 1.165) is 11.1 Å². The summed E-state index contributed by atoms with van der Waals surface area (Å²) in [7, 11) is 0. The lowest BCUT2D eigenvalue weighted by molar-refractivity contribution is -0.137. The molecule has 2 amide bonds. The Hall–Kier alpha value is -2.82. The fourth-order valence-corrected chi connectivity index (χ4v) is 2.48. The molecule has 24 heavy (non-hydrogen) atoms. The van der Waals surface area contributed by atoms with Crippen LogP contribution in [0.1, 0.15) is 18.1 Å². The zero-order valence-corrected chi connectivity index (χ0v) is 13.8. The molecule has 126 valence electrons. The van der Waals surface area contributed by atoms with Gasteiger partial charge in [0.05, 0.1) is 0 Å². The van der Waals surface area contributed by atoms with E-state index in [1.807, 2.05) is 60.7 Å². The number of rotatable bonds is 7. The molecule has 0 spiro atoms. The van der Waals surface area contributed by atoms with Gasteiger partial charge in [0.1, 0.15) is 6.54 Å². The fourth-order valence-electron chi connectivity index (χ4n) is 2.48. The average Bonchev–Trinajstić information content (AvgIpc) is 2.60. The Morgan fingerprint density at radius 2 is 1.29 bits per heavy atom. The molecule has 1 N–H and O–H groups in total. The van der Waals surface area contributed by atoms with Gasteiger partial charge in [-0.25, -0.2) is 4.79 Å². The second-order valence-electron chi connectivity index (χ2n) is 5.52. The van der Waals surface area contributed by atoms with Gasteiger partial charge >= 0.3 is 12.0 Å². The maximum absolute atomic E-state index is 12.8. The van der Waals surface area contributed by atoms with Crippen LogP contribution in [0.3, 0.4) is 0 Å². The third-order valence-corrected chi connectivity index (χ3v) is 3.68. The number of likely N-dealkylation sites (N-methyl/N-ethyl adjacent to an activating group) is 1. The second-order valence-corrected chi connectivity index (χ2v) is 5.52. The van der Waals surface area contributed by atoms with Crippen molar-refractivity contribution in [3.63, 3.8) is 0 Å². The van der Waals surface area contributed by atoms with Crippen molar-refractivity contribution in [3.05, 3.63) is 71.8 Å². The van der Waals surface area contributed by atoms with Gasteiger partial charge in [-0.2, -0.15) is 0 Å². The van der Waals surface area contributed by atoms with E-state index in [-0.39, 0.29) is 12.6 Å². The quantitative estimate of drug-likeness (QED) is 0.850. The monoisotopic (exact) mass is 326 g/mol. The van der Waals surface area contributed by atoms with E-state index in [1.165, 1.54) is 4.90 Å². The number of carboxylic acid groups (broad SMARTS) is 1. The van der Waals surface area contributed by atoms with Crippen molar-refractivity contribution in [2.45, 2.75) is 20.0 Å². The highest BCUT2D eigenvalue weighted by Gasteiger charge is 2.22. The molecule has 0 aliphatic carbocycles. The number of carbonyl (C=O) groups excluding carboxylic acids is 1. The van der Waals surface area contributed by atoms with E-state index in [0.29, 0.717) is 19.6 Å². The molecule has 5 heteroatoms. The second kappa shape index (κ2) is 8.72. The molecule has 2 aromatic carbocycles. The minimum absolute atomic E-state index is 0.271. The van der Waals surface area contributed by atoms with Crippen molar-refractivity contribution < 1.29 is 14.7 Å². The Morgan fingerprint density at radius 1 is 0.833 bits per heavy atom. The molecule has 0 aliphatic heterocycles. The summed E-state index contributed by atoms with van der Waals surface area (Å²) in [5.74, 6) is -1.01. The highest BCUT2D eigenvalue weighted by Crippen LogP contribution is 2.12. The van der Waals surface area contributed by atoms with E-state index >= 15 is 0 Å². The normalized spacial score (nSPS) is 10.2. The molecule has 0 unspecified atom stereocenters. The summed E-state index contributed by atoms with van der Waals surface area (Å²) in [6, 6.07) is 19.1. The van der Waals surface area contributed by atoms with Crippen LogP contribution in [0, 0.1) is 0 Å². The van der Waals surface area contributed by atoms with E-state index in [1.54, 1.807) is 11.8 Å². The number of carboxylic acids is 1. The summed E-state index contributed by atoms with van der Waals surface area (Å²) in [4.78, 5) is 26.8. The molecular weight excluding hydrogens is 304 g/mol. The number of hydrogen-bond donors (Lipinski definition) is 1. The summed E-state index contributed by atoms with van der Waals surface area (Å²) in [5.41, 5.74) is 2.02. The first-order chi connectivity index (χ1) is 11.6. The van der Waals surface area contributed by atoms with Crippen molar-refractivity contribution in [1.82, 2.24) is 9.80 Å². The summed E-state index contributed by atoms with van der Waals surface area (Å²) < 4.78 is 0. The van der Waals surface area contributed by atoms with Crippen LogP contribution in [0.2, 0.25) is 0 Å². The van der Waals surface area contributed by atoms with E-state index < -0.39 is 5.97 Å². The van der Waals surface area contributed by atoms with Crippen LogP contribution in [0.15, 0.2) is 60.7 Å². The molecular formula is C19H22N2O3. The standard InChI is InChI=1S/C19H22N2O3/c1-2-20(15-18(22)23)19(24)21(13-16-9-5-3-6-10-16)14-17-11-7-4-8-12-17/h3-12H,2,13-15H2,1H3,(H,22,23). The first kappa shape index (κ1) is 17.5. The third kappa shape index (κ3) is 5.12. The average molecular weight is 326 g/mol. The largest absolute Gasteiger partial charge is 0.480 e. The Kier molecular flexibility index (Phi) is 6.37. The van der Waals surface area contributed by atoms with Gasteiger partial charge in [-0.15, -0.1) is 0 Å². The number of hydrogen-bond acceptors (Lipinski definition) is 2. The molecule has 2 aromatic rings. The predicted molar refractivity (Wildman–Crippen MR) is 92.4 cm³/mol. The third-order valence-electron chi connectivity index (χ3n) is 3.68. The van der Waals surface area contributed by atoms with Crippen LogP contribution in [-0.2, 0) is 17.9 Å². The highest BCUT2D eigenvalue weighted by molar-refractivity contribution is 5.80. The van der Waals surface area contributed by atoms with Crippen LogP contribution in [-0.4, -0.2) is 40.0 Å². The molecule has 5 nitrogen and oxygen atoms in total. The lowest BCUT2D eigenvalue weighted by atomic mass is 10.2. The van der Waals surface area contributed by atoms with Gasteiger partial charge in [0.2, 0.25) is 0 Å². The molecule has 0 heterocycles. The minimum atomic E-state index is -1.01. The zero-order valence-electron chi connectivity index (χ0n) is 13.8. The summed E-state index contributed by atoms with van der Waals surface area (Å²) >= 11 is 0. The van der Waals surface area contributed by atoms with Gasteiger partial charge in [0, 0.05) is 19.6 Å². The summed E-state index contributed by atoms with van der Waals surface area (Å²) in [5, 5.41) is 9.01. The molecule has 0 fully saturated rings. The van der Waals surface area contributed by atoms with Crippen LogP contribution in [0.4, 0.5) is 4.79 Å². The Labute approximate surface area is 142 Å². The molecule has 0 saturated heterocycles. The lowest BCUT2D eigenvalue weighted by Gasteiger charge is -2.29. The first-order valence-electron chi connectivity index (χ1n) is 7.93. The van der Waals surface area contributed by atoms with Crippen LogP contribution >= 0.6 is 0 Å². The van der Waals surface area contributed by atoms with Crippen molar-refractivity contribution >= 4 is 12.0 Å². The molecule has 0 saturated carbocycles. The van der Waals surface area contributed by atoms with Crippen LogP contribution < -0.4 is 0 Å². The Bertz CT molecular complexity index is 617. The number of urea groups is 1. The SMILES string of the molecule is CCN(CC(=O)O)C(=O)N(Cc1ccccc1)Cc1ccccc1. The van der Waals surface area contributed by atoms with Crippen molar-refractivity contribution in [2.75, 3.05) is 13.1 Å². The van der Waals surface area contributed by atoms with E-state index in [2.05, 4.69) is 0 Å². The maximum Gasteiger partial charge on any atom is 0.323 e. The first-order valence-corrected chi connectivity index (χ1v) is 7.93. The van der Waals surface area contributed by atoms with Gasteiger partial charge in [-0.1, -0.05) is 60.7 Å². The Balaban J connectivity index is 2.20. The molecule has 2 rings (SSSR count). The minimum Gasteiger partial charge on any atom is -0.480 e.